The van der Waals surface area contributed by atoms with Crippen LogP contribution >= 0.6 is 11.5 Å². The highest BCUT2D eigenvalue weighted by molar-refractivity contribution is 7.92. The molecule has 1 aliphatic rings. The molecule has 1 N–H and O–H groups in total. The Balaban J connectivity index is 1.37. The van der Waals surface area contributed by atoms with Gasteiger partial charge in [-0.25, -0.2) is 8.42 Å². The molecular weight excluding hydrogens is 456 g/mol. The van der Waals surface area contributed by atoms with Gasteiger partial charge in [0.25, 0.3) is 15.9 Å². The van der Waals surface area contributed by atoms with Crippen molar-refractivity contribution in [3.05, 3.63) is 89.3 Å². The van der Waals surface area contributed by atoms with Gasteiger partial charge in [-0.1, -0.05) is 40.9 Å². The summed E-state index contributed by atoms with van der Waals surface area (Å²) in [4.78, 5) is 12.9. The zero-order valence-corrected chi connectivity index (χ0v) is 19.1. The van der Waals surface area contributed by atoms with Crippen LogP contribution in [-0.4, -0.2) is 30.5 Å². The lowest BCUT2D eigenvalue weighted by atomic mass is 10.0. The standard InChI is InChI=1S/C24H20N4O3S2/c29-24(25-20-12-10-17(11-13-20)22-16-32-27-26-22)19-6-3-8-21(15-19)33(30,31)28-14-4-7-18-5-1-2-9-23(18)28/h1-3,5-6,8-13,15-16H,4,7,14H2,(H,25,29). The maximum Gasteiger partial charge on any atom is 0.264 e. The van der Waals surface area contributed by atoms with Crippen molar-refractivity contribution in [3.63, 3.8) is 0 Å². The van der Waals surface area contributed by atoms with Gasteiger partial charge in [0.15, 0.2) is 0 Å². The van der Waals surface area contributed by atoms with Crippen LogP contribution in [0.5, 0.6) is 0 Å². The number of hydrogen-bond donors (Lipinski definition) is 1. The Kier molecular flexibility index (Phi) is 5.65. The zero-order valence-electron chi connectivity index (χ0n) is 17.5. The quantitative estimate of drug-likeness (QED) is 0.455. The van der Waals surface area contributed by atoms with Gasteiger partial charge in [-0.15, -0.1) is 5.10 Å². The molecule has 0 saturated heterocycles. The number of fused-ring (bicyclic) bond motifs is 1. The van der Waals surface area contributed by atoms with Gasteiger partial charge in [0.1, 0.15) is 5.69 Å². The average molecular weight is 477 g/mol. The van der Waals surface area contributed by atoms with E-state index >= 15 is 0 Å². The normalized spacial score (nSPS) is 13.4. The zero-order chi connectivity index (χ0) is 22.8. The van der Waals surface area contributed by atoms with Gasteiger partial charge in [-0.2, -0.15) is 0 Å². The van der Waals surface area contributed by atoms with Gasteiger partial charge in [-0.05, 0) is 66.3 Å². The third-order valence-corrected chi connectivity index (χ3v) is 7.86. The summed E-state index contributed by atoms with van der Waals surface area (Å²) in [6.45, 7) is 0.413. The van der Waals surface area contributed by atoms with E-state index in [9.17, 15) is 13.2 Å². The van der Waals surface area contributed by atoms with Gasteiger partial charge < -0.3 is 5.32 Å². The molecule has 5 rings (SSSR count). The molecule has 9 heteroatoms. The summed E-state index contributed by atoms with van der Waals surface area (Å²) < 4.78 is 32.1. The highest BCUT2D eigenvalue weighted by Gasteiger charge is 2.29. The van der Waals surface area contributed by atoms with Crippen molar-refractivity contribution in [3.8, 4) is 11.3 Å². The molecular formula is C24H20N4O3S2. The van der Waals surface area contributed by atoms with Crippen molar-refractivity contribution in [1.29, 1.82) is 0 Å². The number of amides is 1. The number of sulfonamides is 1. The van der Waals surface area contributed by atoms with Gasteiger partial charge in [0.05, 0.1) is 10.6 Å². The van der Waals surface area contributed by atoms with Crippen molar-refractivity contribution in [2.45, 2.75) is 17.7 Å². The molecule has 0 bridgehead atoms. The third-order valence-electron chi connectivity index (χ3n) is 5.55. The molecule has 0 unspecified atom stereocenters. The number of carbonyl (C=O) groups is 1. The fourth-order valence-corrected chi connectivity index (χ4v) is 5.94. The van der Waals surface area contributed by atoms with E-state index in [-0.39, 0.29) is 16.4 Å². The van der Waals surface area contributed by atoms with Gasteiger partial charge in [0, 0.05) is 28.7 Å². The van der Waals surface area contributed by atoms with Crippen molar-refractivity contribution in [1.82, 2.24) is 9.59 Å². The number of rotatable bonds is 5. The molecule has 0 atom stereocenters. The van der Waals surface area contributed by atoms with Crippen LogP contribution in [0, 0.1) is 0 Å². The van der Waals surface area contributed by atoms with E-state index < -0.39 is 10.0 Å². The van der Waals surface area contributed by atoms with Gasteiger partial charge in [0.2, 0.25) is 0 Å². The van der Waals surface area contributed by atoms with Crippen LogP contribution in [0.25, 0.3) is 11.3 Å². The minimum absolute atomic E-state index is 0.0956. The minimum atomic E-state index is -3.79. The molecule has 0 aliphatic carbocycles. The Morgan fingerprint density at radius 1 is 1.00 bits per heavy atom. The van der Waals surface area contributed by atoms with Crippen molar-refractivity contribution in [2.24, 2.45) is 0 Å². The molecule has 166 valence electrons. The number of carbonyl (C=O) groups excluding carboxylic acids is 1. The SMILES string of the molecule is O=C(Nc1ccc(-c2csnn2)cc1)c1cccc(S(=O)(=O)N2CCCc3ccccc32)c1. The van der Waals surface area contributed by atoms with E-state index in [1.54, 1.807) is 24.3 Å². The van der Waals surface area contributed by atoms with Crippen molar-refractivity contribution >= 4 is 38.8 Å². The number of hydrogen-bond acceptors (Lipinski definition) is 6. The second-order valence-electron chi connectivity index (χ2n) is 7.66. The fourth-order valence-electron chi connectivity index (χ4n) is 3.89. The first-order valence-electron chi connectivity index (χ1n) is 10.4. The Bertz CT molecular complexity index is 1400. The Labute approximate surface area is 195 Å². The molecule has 2 heterocycles. The maximum absolute atomic E-state index is 13.4. The second kappa shape index (κ2) is 8.76. The van der Waals surface area contributed by atoms with Crippen LogP contribution in [-0.2, 0) is 16.4 Å². The predicted molar refractivity (Wildman–Crippen MR) is 129 cm³/mol. The topological polar surface area (TPSA) is 92.3 Å². The van der Waals surface area contributed by atoms with Crippen LogP contribution in [0.3, 0.4) is 0 Å². The first-order valence-corrected chi connectivity index (χ1v) is 12.7. The minimum Gasteiger partial charge on any atom is -0.322 e. The molecule has 1 aliphatic heterocycles. The number of para-hydroxylation sites is 1. The average Bonchev–Trinajstić information content (AvgIpc) is 3.39. The maximum atomic E-state index is 13.4. The van der Waals surface area contributed by atoms with E-state index in [0.717, 1.165) is 29.7 Å². The van der Waals surface area contributed by atoms with Gasteiger partial charge in [-0.3, -0.25) is 9.10 Å². The smallest absolute Gasteiger partial charge is 0.264 e. The summed E-state index contributed by atoms with van der Waals surface area (Å²) in [6, 6.07) is 20.9. The third kappa shape index (κ3) is 4.24. The lowest BCUT2D eigenvalue weighted by Crippen LogP contribution is -2.35. The first kappa shape index (κ1) is 21.3. The summed E-state index contributed by atoms with van der Waals surface area (Å²) in [5.41, 5.74) is 4.26. The lowest BCUT2D eigenvalue weighted by molar-refractivity contribution is 0.102. The molecule has 0 radical (unpaired) electrons. The molecule has 3 aromatic carbocycles. The van der Waals surface area contributed by atoms with Crippen LogP contribution in [0.2, 0.25) is 0 Å². The highest BCUT2D eigenvalue weighted by atomic mass is 32.2. The number of nitrogens with zero attached hydrogens (tertiary/aromatic N) is 3. The van der Waals surface area contributed by atoms with Crippen LogP contribution in [0.15, 0.2) is 83.1 Å². The molecule has 0 saturated carbocycles. The van der Waals surface area contributed by atoms with Crippen molar-refractivity contribution < 1.29 is 13.2 Å². The van der Waals surface area contributed by atoms with E-state index in [2.05, 4.69) is 14.9 Å². The number of aromatic nitrogens is 2. The number of nitrogens with one attached hydrogen (secondary N) is 1. The Hall–Kier alpha value is -3.56. The molecule has 4 aromatic rings. The monoisotopic (exact) mass is 476 g/mol. The second-order valence-corrected chi connectivity index (χ2v) is 10.1. The first-order chi connectivity index (χ1) is 16.0. The van der Waals surface area contributed by atoms with Crippen LogP contribution in [0.4, 0.5) is 11.4 Å². The van der Waals surface area contributed by atoms with E-state index in [1.807, 2.05) is 41.8 Å². The van der Waals surface area contributed by atoms with Crippen molar-refractivity contribution in [2.75, 3.05) is 16.2 Å². The highest BCUT2D eigenvalue weighted by Crippen LogP contribution is 2.32. The molecule has 0 fully saturated rings. The largest absolute Gasteiger partial charge is 0.322 e. The molecule has 33 heavy (non-hydrogen) atoms. The summed E-state index contributed by atoms with van der Waals surface area (Å²) in [7, 11) is -3.79. The summed E-state index contributed by atoms with van der Waals surface area (Å²) in [5.74, 6) is -0.380. The summed E-state index contributed by atoms with van der Waals surface area (Å²) in [5, 5.41) is 8.70. The summed E-state index contributed by atoms with van der Waals surface area (Å²) in [6.07, 6.45) is 1.60. The number of anilines is 2. The van der Waals surface area contributed by atoms with E-state index in [0.29, 0.717) is 17.9 Å². The Morgan fingerprint density at radius 2 is 1.82 bits per heavy atom. The Morgan fingerprint density at radius 3 is 2.61 bits per heavy atom. The van der Waals surface area contributed by atoms with E-state index in [1.165, 1.54) is 28.0 Å². The lowest BCUT2D eigenvalue weighted by Gasteiger charge is -2.30. The molecule has 1 aromatic heterocycles. The predicted octanol–water partition coefficient (Wildman–Crippen LogP) is 4.60. The fraction of sp³-hybridized carbons (Fsp3) is 0.125. The number of benzene rings is 3. The summed E-state index contributed by atoms with van der Waals surface area (Å²) >= 11 is 1.27. The molecule has 1 amide bonds. The molecule has 0 spiro atoms. The van der Waals surface area contributed by atoms with Crippen LogP contribution in [0.1, 0.15) is 22.3 Å². The molecule has 7 nitrogen and oxygen atoms in total. The number of aryl methyl sites for hydroxylation is 1. The van der Waals surface area contributed by atoms with E-state index in [4.69, 9.17) is 0 Å². The van der Waals surface area contributed by atoms with Gasteiger partial charge >= 0.3 is 0 Å². The van der Waals surface area contributed by atoms with Crippen LogP contribution < -0.4 is 9.62 Å².